The van der Waals surface area contributed by atoms with E-state index in [0.29, 0.717) is 5.69 Å². The zero-order valence-electron chi connectivity index (χ0n) is 10.8. The lowest BCUT2D eigenvalue weighted by Gasteiger charge is -2.23. The van der Waals surface area contributed by atoms with Crippen molar-refractivity contribution >= 4 is 11.7 Å². The summed E-state index contributed by atoms with van der Waals surface area (Å²) in [6, 6.07) is 4.93. The van der Waals surface area contributed by atoms with E-state index in [4.69, 9.17) is 0 Å². The Morgan fingerprint density at radius 1 is 1.37 bits per heavy atom. The van der Waals surface area contributed by atoms with Crippen molar-refractivity contribution in [1.82, 2.24) is 0 Å². The Bertz CT molecular complexity index is 432. The second-order valence-electron chi connectivity index (χ2n) is 4.17. The molecular weight excluding hydrogens is 259 g/mol. The number of para-hydroxylation sites is 1. The standard InChI is InChI=1S/C13H16F3NO2/c1-9-5-3-4-6-10(9)17-11(13(14,15)16)7-8-12(18)19-2/h3-6,11,17H,7-8H2,1-2H3/t11-/m0/s1. The largest absolute Gasteiger partial charge is 0.469 e. The lowest BCUT2D eigenvalue weighted by molar-refractivity contribution is -0.149. The molecule has 3 nitrogen and oxygen atoms in total. The number of ether oxygens (including phenoxy) is 1. The minimum absolute atomic E-state index is 0.278. The summed E-state index contributed by atoms with van der Waals surface area (Å²) in [5.41, 5.74) is 1.13. The Labute approximate surface area is 109 Å². The molecule has 106 valence electrons. The van der Waals surface area contributed by atoms with Gasteiger partial charge in [0.05, 0.1) is 7.11 Å². The van der Waals surface area contributed by atoms with Gasteiger partial charge in [0.2, 0.25) is 0 Å². The maximum atomic E-state index is 12.9. The maximum absolute atomic E-state index is 12.9. The van der Waals surface area contributed by atoms with Crippen LogP contribution in [-0.2, 0) is 9.53 Å². The lowest BCUT2D eigenvalue weighted by atomic mass is 10.1. The number of carbonyl (C=O) groups is 1. The molecule has 0 unspecified atom stereocenters. The summed E-state index contributed by atoms with van der Waals surface area (Å²) < 4.78 is 43.0. The molecule has 0 amide bonds. The smallest absolute Gasteiger partial charge is 0.408 e. The van der Waals surface area contributed by atoms with E-state index in [1.165, 1.54) is 0 Å². The first-order chi connectivity index (χ1) is 8.84. The number of hydrogen-bond acceptors (Lipinski definition) is 3. The molecule has 0 saturated heterocycles. The van der Waals surface area contributed by atoms with Crippen LogP contribution < -0.4 is 5.32 Å². The molecule has 1 rings (SSSR count). The average molecular weight is 275 g/mol. The van der Waals surface area contributed by atoms with Crippen LogP contribution in [0.15, 0.2) is 24.3 Å². The molecular formula is C13H16F3NO2. The summed E-state index contributed by atoms with van der Waals surface area (Å²) in [6.45, 7) is 1.72. The first-order valence-electron chi connectivity index (χ1n) is 5.80. The van der Waals surface area contributed by atoms with Gasteiger partial charge in [0, 0.05) is 12.1 Å². The highest BCUT2D eigenvalue weighted by Gasteiger charge is 2.39. The number of rotatable bonds is 5. The van der Waals surface area contributed by atoms with Gasteiger partial charge in [-0.05, 0) is 25.0 Å². The maximum Gasteiger partial charge on any atom is 0.408 e. The summed E-state index contributed by atoms with van der Waals surface area (Å²) in [4.78, 5) is 10.9. The van der Waals surface area contributed by atoms with Crippen LogP contribution in [0, 0.1) is 6.92 Å². The minimum atomic E-state index is -4.42. The summed E-state index contributed by atoms with van der Waals surface area (Å²) in [5, 5.41) is 2.43. The van der Waals surface area contributed by atoms with E-state index in [2.05, 4.69) is 10.1 Å². The van der Waals surface area contributed by atoms with Crippen LogP contribution >= 0.6 is 0 Å². The van der Waals surface area contributed by atoms with Crippen LogP contribution in [0.3, 0.4) is 0 Å². The number of benzene rings is 1. The molecule has 0 radical (unpaired) electrons. The molecule has 1 atom stereocenters. The molecule has 0 aromatic heterocycles. The Kier molecular flexibility index (Phi) is 5.20. The van der Waals surface area contributed by atoms with Crippen molar-refractivity contribution in [3.05, 3.63) is 29.8 Å². The first-order valence-corrected chi connectivity index (χ1v) is 5.80. The average Bonchev–Trinajstić information content (AvgIpc) is 2.34. The van der Waals surface area contributed by atoms with E-state index in [0.717, 1.165) is 12.7 Å². The number of aryl methyl sites for hydroxylation is 1. The fraction of sp³-hybridized carbons (Fsp3) is 0.462. The van der Waals surface area contributed by atoms with Gasteiger partial charge in [0.25, 0.3) is 0 Å². The number of carbonyl (C=O) groups excluding carboxylic acids is 1. The van der Waals surface area contributed by atoms with Gasteiger partial charge in [0.15, 0.2) is 0 Å². The van der Waals surface area contributed by atoms with Crippen molar-refractivity contribution in [2.45, 2.75) is 32.0 Å². The van der Waals surface area contributed by atoms with Crippen molar-refractivity contribution in [2.75, 3.05) is 12.4 Å². The third-order valence-electron chi connectivity index (χ3n) is 2.73. The SMILES string of the molecule is COC(=O)CC[C@H](Nc1ccccc1C)C(F)(F)F. The third kappa shape index (κ3) is 4.81. The van der Waals surface area contributed by atoms with Gasteiger partial charge in [-0.25, -0.2) is 0 Å². The molecule has 1 N–H and O–H groups in total. The molecule has 1 aromatic carbocycles. The highest BCUT2D eigenvalue weighted by molar-refractivity contribution is 5.69. The number of nitrogens with one attached hydrogen (secondary N) is 1. The first kappa shape index (κ1) is 15.3. The molecule has 0 aliphatic carbocycles. The summed E-state index contributed by atoms with van der Waals surface area (Å²) >= 11 is 0. The van der Waals surface area contributed by atoms with E-state index < -0.39 is 18.2 Å². The predicted octanol–water partition coefficient (Wildman–Crippen LogP) is 3.29. The van der Waals surface area contributed by atoms with Crippen molar-refractivity contribution in [3.63, 3.8) is 0 Å². The number of halogens is 3. The van der Waals surface area contributed by atoms with Crippen molar-refractivity contribution in [2.24, 2.45) is 0 Å². The quantitative estimate of drug-likeness (QED) is 0.838. The van der Waals surface area contributed by atoms with Crippen molar-refractivity contribution < 1.29 is 22.7 Å². The minimum Gasteiger partial charge on any atom is -0.469 e. The molecule has 0 aliphatic heterocycles. The topological polar surface area (TPSA) is 38.3 Å². The summed E-state index contributed by atoms with van der Waals surface area (Å²) in [5.74, 6) is -0.652. The lowest BCUT2D eigenvalue weighted by Crippen LogP contribution is -2.37. The number of esters is 1. The van der Waals surface area contributed by atoms with Crippen LogP contribution in [0.25, 0.3) is 0 Å². The van der Waals surface area contributed by atoms with Crippen LogP contribution in [-0.4, -0.2) is 25.3 Å². The van der Waals surface area contributed by atoms with Crippen LogP contribution in [0.2, 0.25) is 0 Å². The van der Waals surface area contributed by atoms with Gasteiger partial charge in [-0.3, -0.25) is 4.79 Å². The van der Waals surface area contributed by atoms with E-state index in [1.54, 1.807) is 31.2 Å². The van der Waals surface area contributed by atoms with Gasteiger partial charge >= 0.3 is 12.1 Å². The van der Waals surface area contributed by atoms with Gasteiger partial charge in [-0.2, -0.15) is 13.2 Å². The van der Waals surface area contributed by atoms with Crippen LogP contribution in [0.1, 0.15) is 18.4 Å². The molecule has 0 fully saturated rings. The number of methoxy groups -OCH3 is 1. The second kappa shape index (κ2) is 6.45. The third-order valence-corrected chi connectivity index (χ3v) is 2.73. The van der Waals surface area contributed by atoms with Crippen molar-refractivity contribution in [1.29, 1.82) is 0 Å². The van der Waals surface area contributed by atoms with Crippen molar-refractivity contribution in [3.8, 4) is 0 Å². The highest BCUT2D eigenvalue weighted by Crippen LogP contribution is 2.28. The van der Waals surface area contributed by atoms with Gasteiger partial charge in [-0.15, -0.1) is 0 Å². The van der Waals surface area contributed by atoms with E-state index in [-0.39, 0.29) is 12.8 Å². The van der Waals surface area contributed by atoms with E-state index in [9.17, 15) is 18.0 Å². The summed E-state index contributed by atoms with van der Waals surface area (Å²) in [7, 11) is 1.15. The predicted molar refractivity (Wildman–Crippen MR) is 65.9 cm³/mol. The Morgan fingerprint density at radius 2 is 2.00 bits per heavy atom. The zero-order valence-corrected chi connectivity index (χ0v) is 10.8. The fourth-order valence-electron chi connectivity index (χ4n) is 1.60. The number of alkyl halides is 3. The molecule has 0 spiro atoms. The molecule has 0 bridgehead atoms. The highest BCUT2D eigenvalue weighted by atomic mass is 19.4. The molecule has 6 heteroatoms. The van der Waals surface area contributed by atoms with Gasteiger partial charge < -0.3 is 10.1 Å². The zero-order chi connectivity index (χ0) is 14.5. The molecule has 0 heterocycles. The van der Waals surface area contributed by atoms with Crippen LogP contribution in [0.4, 0.5) is 18.9 Å². The number of anilines is 1. The van der Waals surface area contributed by atoms with Gasteiger partial charge in [-0.1, -0.05) is 18.2 Å². The Balaban J connectivity index is 2.76. The fourth-order valence-corrected chi connectivity index (χ4v) is 1.60. The summed E-state index contributed by atoms with van der Waals surface area (Å²) in [6.07, 6.45) is -5.06. The number of hydrogen-bond donors (Lipinski definition) is 1. The molecule has 1 aromatic rings. The Morgan fingerprint density at radius 3 is 2.53 bits per heavy atom. The molecule has 19 heavy (non-hydrogen) atoms. The van der Waals surface area contributed by atoms with Crippen LogP contribution in [0.5, 0.6) is 0 Å². The Hall–Kier alpha value is -1.72. The molecule has 0 aliphatic rings. The molecule has 0 saturated carbocycles. The van der Waals surface area contributed by atoms with E-state index in [1.807, 2.05) is 0 Å². The monoisotopic (exact) mass is 275 g/mol. The van der Waals surface area contributed by atoms with E-state index >= 15 is 0 Å². The second-order valence-corrected chi connectivity index (χ2v) is 4.17. The van der Waals surface area contributed by atoms with Gasteiger partial charge in [0.1, 0.15) is 6.04 Å². The normalized spacial score (nSPS) is 12.9.